The number of hydrogen-bond acceptors (Lipinski definition) is 7. The SMILES string of the molecule is O=C(C[C@H]1CC=CC[C@H](Cc2ccccc2)C(=O)OC[C@H](CCCCNC(=O)OCc2ccccc2)NC1=O)N[C@@H](CO)Cc1ccccc1. The predicted molar refractivity (Wildman–Crippen MR) is 191 cm³/mol. The maximum absolute atomic E-state index is 13.6. The van der Waals surface area contributed by atoms with Crippen LogP contribution in [0, 0.1) is 11.8 Å². The van der Waals surface area contributed by atoms with Crippen LogP contribution in [0.1, 0.15) is 55.2 Å². The molecule has 1 heterocycles. The van der Waals surface area contributed by atoms with Gasteiger partial charge < -0.3 is 30.5 Å². The van der Waals surface area contributed by atoms with Crippen LogP contribution < -0.4 is 16.0 Å². The number of alkyl carbamates (subject to hydrolysis) is 1. The van der Waals surface area contributed by atoms with E-state index >= 15 is 0 Å². The van der Waals surface area contributed by atoms with E-state index in [4.69, 9.17) is 9.47 Å². The molecular weight excluding hydrogens is 634 g/mol. The third-order valence-electron chi connectivity index (χ3n) is 8.61. The van der Waals surface area contributed by atoms with Crippen molar-refractivity contribution in [2.45, 2.75) is 70.1 Å². The van der Waals surface area contributed by atoms with E-state index in [9.17, 15) is 24.3 Å². The fourth-order valence-electron chi connectivity index (χ4n) is 5.83. The standard InChI is InChI=1S/C40H49N3O7/c44-27-36(25-31-16-6-2-7-17-31)42-37(45)26-33-20-10-11-21-34(24-30-14-4-1-5-15-30)39(47)49-29-35(43-38(33)46)22-12-13-23-41-40(48)50-28-32-18-8-3-9-19-32/h1-11,14-19,33-36,44H,12-13,20-29H2,(H,41,48)(H,42,45)(H,43,46)/t33-,34-,35+,36-/m1/s1. The zero-order chi connectivity index (χ0) is 35.4. The van der Waals surface area contributed by atoms with Gasteiger partial charge in [-0.05, 0) is 61.6 Å². The number of amides is 3. The number of hydrogen-bond donors (Lipinski definition) is 4. The van der Waals surface area contributed by atoms with Crippen molar-refractivity contribution in [3.63, 3.8) is 0 Å². The third-order valence-corrected chi connectivity index (χ3v) is 8.61. The first-order chi connectivity index (χ1) is 24.4. The van der Waals surface area contributed by atoms with Crippen LogP contribution in [0.15, 0.2) is 103 Å². The van der Waals surface area contributed by atoms with Gasteiger partial charge in [-0.1, -0.05) is 103 Å². The van der Waals surface area contributed by atoms with Crippen LogP contribution >= 0.6 is 0 Å². The highest BCUT2D eigenvalue weighted by molar-refractivity contribution is 5.86. The predicted octanol–water partition coefficient (Wildman–Crippen LogP) is 5.05. The first-order valence-electron chi connectivity index (χ1n) is 17.4. The minimum absolute atomic E-state index is 0.00526. The number of allylic oxidation sites excluding steroid dienone is 2. The summed E-state index contributed by atoms with van der Waals surface area (Å²) in [5.41, 5.74) is 2.91. The molecule has 0 bridgehead atoms. The molecule has 0 unspecified atom stereocenters. The summed E-state index contributed by atoms with van der Waals surface area (Å²) in [7, 11) is 0. The maximum Gasteiger partial charge on any atom is 0.407 e. The van der Waals surface area contributed by atoms with Crippen molar-refractivity contribution in [1.29, 1.82) is 0 Å². The lowest BCUT2D eigenvalue weighted by Gasteiger charge is -2.25. The molecule has 0 radical (unpaired) electrons. The molecule has 1 aliphatic heterocycles. The fraction of sp³-hybridized carbons (Fsp3) is 0.400. The van der Waals surface area contributed by atoms with Gasteiger partial charge in [0, 0.05) is 13.0 Å². The molecule has 0 spiro atoms. The van der Waals surface area contributed by atoms with Crippen LogP contribution in [0.25, 0.3) is 0 Å². The zero-order valence-corrected chi connectivity index (χ0v) is 28.5. The number of cyclic esters (lactones) is 1. The summed E-state index contributed by atoms with van der Waals surface area (Å²) in [5, 5.41) is 18.6. The summed E-state index contributed by atoms with van der Waals surface area (Å²) in [5.74, 6) is -2.02. The number of ether oxygens (including phenoxy) is 2. The van der Waals surface area contributed by atoms with E-state index in [1.165, 1.54) is 0 Å². The van der Waals surface area contributed by atoms with Crippen molar-refractivity contribution in [2.75, 3.05) is 19.8 Å². The second kappa shape index (κ2) is 21.2. The largest absolute Gasteiger partial charge is 0.463 e. The number of rotatable bonds is 15. The highest BCUT2D eigenvalue weighted by Crippen LogP contribution is 2.19. The van der Waals surface area contributed by atoms with Gasteiger partial charge in [-0.3, -0.25) is 14.4 Å². The van der Waals surface area contributed by atoms with Gasteiger partial charge in [-0.15, -0.1) is 0 Å². The van der Waals surface area contributed by atoms with E-state index in [-0.39, 0.29) is 44.0 Å². The summed E-state index contributed by atoms with van der Waals surface area (Å²) in [6.45, 7) is 0.331. The van der Waals surface area contributed by atoms with Crippen LogP contribution in [-0.4, -0.2) is 60.8 Å². The second-order valence-corrected chi connectivity index (χ2v) is 12.7. The molecule has 3 aromatic rings. The molecule has 0 aromatic heterocycles. The van der Waals surface area contributed by atoms with Gasteiger partial charge in [-0.25, -0.2) is 4.79 Å². The molecule has 50 heavy (non-hydrogen) atoms. The van der Waals surface area contributed by atoms with Crippen molar-refractivity contribution < 1.29 is 33.8 Å². The number of carbonyl (C=O) groups is 4. The molecule has 10 nitrogen and oxygen atoms in total. The van der Waals surface area contributed by atoms with E-state index in [0.717, 1.165) is 16.7 Å². The van der Waals surface area contributed by atoms with Gasteiger partial charge in [0.2, 0.25) is 11.8 Å². The first-order valence-corrected chi connectivity index (χ1v) is 17.4. The lowest BCUT2D eigenvalue weighted by atomic mass is 9.94. The Labute approximate surface area is 294 Å². The highest BCUT2D eigenvalue weighted by Gasteiger charge is 2.27. The highest BCUT2D eigenvalue weighted by atomic mass is 16.5. The van der Waals surface area contributed by atoms with Gasteiger partial charge in [0.15, 0.2) is 0 Å². The number of nitrogens with one attached hydrogen (secondary N) is 3. The van der Waals surface area contributed by atoms with Crippen molar-refractivity contribution in [3.8, 4) is 0 Å². The molecule has 0 aliphatic carbocycles. The molecule has 0 saturated carbocycles. The summed E-state index contributed by atoms with van der Waals surface area (Å²) in [4.78, 5) is 52.1. The lowest BCUT2D eigenvalue weighted by Crippen LogP contribution is -2.45. The van der Waals surface area contributed by atoms with Crippen molar-refractivity contribution in [3.05, 3.63) is 120 Å². The van der Waals surface area contributed by atoms with Crippen LogP contribution in [-0.2, 0) is 43.3 Å². The van der Waals surface area contributed by atoms with Crippen LogP contribution in [0.2, 0.25) is 0 Å². The Morgan fingerprint density at radius 3 is 2.12 bits per heavy atom. The van der Waals surface area contributed by atoms with E-state index in [1.807, 2.05) is 103 Å². The number of aliphatic hydroxyl groups is 1. The lowest BCUT2D eigenvalue weighted by molar-refractivity contribution is -0.150. The number of carbonyl (C=O) groups excluding carboxylic acids is 4. The summed E-state index contributed by atoms with van der Waals surface area (Å²) in [6.07, 6.45) is 6.67. The van der Waals surface area contributed by atoms with Crippen LogP contribution in [0.3, 0.4) is 0 Å². The molecule has 3 aromatic carbocycles. The van der Waals surface area contributed by atoms with Crippen molar-refractivity contribution >= 4 is 23.9 Å². The molecular formula is C40H49N3O7. The minimum Gasteiger partial charge on any atom is -0.463 e. The number of esters is 1. The molecule has 4 rings (SSSR count). The smallest absolute Gasteiger partial charge is 0.407 e. The molecule has 4 atom stereocenters. The molecule has 4 N–H and O–H groups in total. The molecule has 1 aliphatic rings. The summed E-state index contributed by atoms with van der Waals surface area (Å²) >= 11 is 0. The van der Waals surface area contributed by atoms with E-state index in [1.54, 1.807) is 0 Å². The Morgan fingerprint density at radius 2 is 1.46 bits per heavy atom. The summed E-state index contributed by atoms with van der Waals surface area (Å²) < 4.78 is 11.1. The Hall–Kier alpha value is -4.96. The fourth-order valence-corrected chi connectivity index (χ4v) is 5.83. The average Bonchev–Trinajstić information content (AvgIpc) is 3.13. The minimum atomic E-state index is -0.659. The molecule has 10 heteroatoms. The maximum atomic E-state index is 13.6. The molecule has 0 saturated heterocycles. The Balaban J connectivity index is 1.35. The van der Waals surface area contributed by atoms with Crippen LogP contribution in [0.4, 0.5) is 4.79 Å². The van der Waals surface area contributed by atoms with Crippen molar-refractivity contribution in [1.82, 2.24) is 16.0 Å². The zero-order valence-electron chi connectivity index (χ0n) is 28.5. The van der Waals surface area contributed by atoms with E-state index in [2.05, 4.69) is 16.0 Å². The normalized spacial score (nSPS) is 18.8. The van der Waals surface area contributed by atoms with Crippen molar-refractivity contribution in [2.24, 2.45) is 11.8 Å². The van der Waals surface area contributed by atoms with Gasteiger partial charge in [0.25, 0.3) is 0 Å². The average molecular weight is 684 g/mol. The summed E-state index contributed by atoms with van der Waals surface area (Å²) in [6, 6.07) is 27.8. The van der Waals surface area contributed by atoms with Gasteiger partial charge in [0.1, 0.15) is 13.2 Å². The molecule has 266 valence electrons. The van der Waals surface area contributed by atoms with Gasteiger partial charge in [-0.2, -0.15) is 0 Å². The van der Waals surface area contributed by atoms with E-state index in [0.29, 0.717) is 51.5 Å². The van der Waals surface area contributed by atoms with E-state index < -0.39 is 30.0 Å². The number of unbranched alkanes of at least 4 members (excludes halogenated alkanes) is 1. The second-order valence-electron chi connectivity index (χ2n) is 12.7. The monoisotopic (exact) mass is 683 g/mol. The van der Waals surface area contributed by atoms with Gasteiger partial charge in [0.05, 0.1) is 30.5 Å². The first kappa shape index (κ1) is 37.9. The molecule has 3 amide bonds. The number of aliphatic hydroxyl groups excluding tert-OH is 1. The Bertz CT molecular complexity index is 1500. The Morgan fingerprint density at radius 1 is 0.840 bits per heavy atom. The van der Waals surface area contributed by atoms with Gasteiger partial charge >= 0.3 is 12.1 Å². The third kappa shape index (κ3) is 13.9. The number of benzene rings is 3. The Kier molecular flexibility index (Phi) is 16.0. The topological polar surface area (TPSA) is 143 Å². The quantitative estimate of drug-likeness (QED) is 0.0998. The molecule has 0 fully saturated rings. The van der Waals surface area contributed by atoms with Crippen LogP contribution in [0.5, 0.6) is 0 Å².